The molecule has 0 atom stereocenters. The van der Waals surface area contributed by atoms with Gasteiger partial charge < -0.3 is 0 Å². The Labute approximate surface area is 110 Å². The van der Waals surface area contributed by atoms with E-state index in [4.69, 9.17) is 11.6 Å². The third-order valence-electron chi connectivity index (χ3n) is 3.44. The molecule has 17 heavy (non-hydrogen) atoms. The molecule has 1 aliphatic carbocycles. The summed E-state index contributed by atoms with van der Waals surface area (Å²) in [5.41, 5.74) is 0. The summed E-state index contributed by atoms with van der Waals surface area (Å²) in [7, 11) is -3.11. The smallest absolute Gasteiger partial charge is 0.211 e. The van der Waals surface area contributed by atoms with Crippen LogP contribution >= 0.6 is 11.6 Å². The number of halogens is 1. The molecule has 1 fully saturated rings. The Bertz CT molecular complexity index is 298. The Kier molecular flexibility index (Phi) is 6.82. The lowest BCUT2D eigenvalue weighted by Crippen LogP contribution is -2.38. The monoisotopic (exact) mass is 281 g/mol. The molecule has 0 bridgehead atoms. The molecule has 0 radical (unpaired) electrons. The van der Waals surface area contributed by atoms with Crippen LogP contribution in [0, 0.1) is 5.92 Å². The van der Waals surface area contributed by atoms with Crippen LogP contribution < -0.4 is 4.72 Å². The van der Waals surface area contributed by atoms with Gasteiger partial charge in [0, 0.05) is 11.9 Å². The van der Waals surface area contributed by atoms with Crippen LogP contribution in [0.5, 0.6) is 0 Å². The highest BCUT2D eigenvalue weighted by molar-refractivity contribution is 7.89. The maximum Gasteiger partial charge on any atom is 0.211 e. The zero-order valence-electron chi connectivity index (χ0n) is 10.6. The van der Waals surface area contributed by atoms with Gasteiger partial charge >= 0.3 is 0 Å². The molecular weight excluding hydrogens is 258 g/mol. The Balaban J connectivity index is 2.30. The lowest BCUT2D eigenvalue weighted by molar-refractivity contribution is 0.297. The maximum absolute atomic E-state index is 11.7. The first kappa shape index (κ1) is 15.3. The van der Waals surface area contributed by atoms with E-state index in [1.165, 1.54) is 12.8 Å². The molecule has 3 nitrogen and oxygen atoms in total. The van der Waals surface area contributed by atoms with E-state index in [0.717, 1.165) is 31.6 Å². The fraction of sp³-hybridized carbons (Fsp3) is 1.00. The molecule has 0 aliphatic heterocycles. The molecule has 0 heterocycles. The average Bonchev–Trinajstić information content (AvgIpc) is 2.29. The van der Waals surface area contributed by atoms with Gasteiger partial charge in [0.2, 0.25) is 10.0 Å². The van der Waals surface area contributed by atoms with Gasteiger partial charge in [0.15, 0.2) is 0 Å². The second-order valence-corrected chi connectivity index (χ2v) is 7.24. The van der Waals surface area contributed by atoms with Gasteiger partial charge in [0.1, 0.15) is 0 Å². The molecule has 1 N–H and O–H groups in total. The first-order valence-electron chi connectivity index (χ1n) is 6.63. The first-order chi connectivity index (χ1) is 8.07. The van der Waals surface area contributed by atoms with Crippen LogP contribution in [0.4, 0.5) is 0 Å². The van der Waals surface area contributed by atoms with Gasteiger partial charge in [0.05, 0.1) is 5.75 Å². The van der Waals surface area contributed by atoms with Crippen LogP contribution in [0.15, 0.2) is 0 Å². The minimum Gasteiger partial charge on any atom is -0.212 e. The fourth-order valence-electron chi connectivity index (χ4n) is 2.53. The summed E-state index contributed by atoms with van der Waals surface area (Å²) < 4.78 is 26.2. The Morgan fingerprint density at radius 2 is 1.88 bits per heavy atom. The number of hydrogen-bond acceptors (Lipinski definition) is 2. The Morgan fingerprint density at radius 1 is 1.24 bits per heavy atom. The van der Waals surface area contributed by atoms with E-state index in [9.17, 15) is 8.42 Å². The van der Waals surface area contributed by atoms with Crippen LogP contribution in [0.25, 0.3) is 0 Å². The van der Waals surface area contributed by atoms with Crippen molar-refractivity contribution >= 4 is 21.6 Å². The van der Waals surface area contributed by atoms with Crippen molar-refractivity contribution in [3.8, 4) is 0 Å². The minimum absolute atomic E-state index is 0.156. The van der Waals surface area contributed by atoms with E-state index in [1.807, 2.05) is 0 Å². The van der Waals surface area contributed by atoms with Crippen LogP contribution in [-0.4, -0.2) is 26.1 Å². The van der Waals surface area contributed by atoms with E-state index >= 15 is 0 Å². The normalized spacial score (nSPS) is 26.0. The highest BCUT2D eigenvalue weighted by atomic mass is 35.5. The summed E-state index contributed by atoms with van der Waals surface area (Å²) >= 11 is 5.51. The quantitative estimate of drug-likeness (QED) is 0.730. The largest absolute Gasteiger partial charge is 0.212 e. The summed E-state index contributed by atoms with van der Waals surface area (Å²) in [5, 5.41) is 0. The lowest BCUT2D eigenvalue weighted by Gasteiger charge is -2.28. The number of hydrogen-bond donors (Lipinski definition) is 1. The highest BCUT2D eigenvalue weighted by Crippen LogP contribution is 2.27. The summed E-state index contributed by atoms with van der Waals surface area (Å²) in [5.74, 6) is 1.37. The molecule has 0 spiro atoms. The van der Waals surface area contributed by atoms with Crippen molar-refractivity contribution in [3.63, 3.8) is 0 Å². The molecule has 1 saturated carbocycles. The van der Waals surface area contributed by atoms with Crippen molar-refractivity contribution in [3.05, 3.63) is 0 Å². The van der Waals surface area contributed by atoms with Crippen molar-refractivity contribution in [2.45, 2.75) is 57.9 Å². The summed E-state index contributed by atoms with van der Waals surface area (Å²) in [6.07, 6.45) is 7.35. The van der Waals surface area contributed by atoms with Gasteiger partial charge in [0.25, 0.3) is 0 Å². The maximum atomic E-state index is 11.7. The van der Waals surface area contributed by atoms with E-state index < -0.39 is 10.0 Å². The Morgan fingerprint density at radius 3 is 2.41 bits per heavy atom. The van der Waals surface area contributed by atoms with Crippen LogP contribution in [0.3, 0.4) is 0 Å². The van der Waals surface area contributed by atoms with Crippen molar-refractivity contribution in [1.82, 2.24) is 4.72 Å². The number of nitrogens with one attached hydrogen (secondary N) is 1. The number of rotatable bonds is 7. The lowest BCUT2D eigenvalue weighted by atomic mass is 9.84. The third-order valence-corrected chi connectivity index (χ3v) is 5.22. The zero-order chi connectivity index (χ0) is 12.7. The highest BCUT2D eigenvalue weighted by Gasteiger charge is 2.23. The standard InChI is InChI=1S/C12H24ClNO2S/c1-2-4-11-5-7-12(8-6-11)14-17(15,16)10-3-9-13/h11-12,14H,2-10H2,1H3. The topological polar surface area (TPSA) is 46.2 Å². The van der Waals surface area contributed by atoms with E-state index in [1.54, 1.807) is 0 Å². The predicted molar refractivity (Wildman–Crippen MR) is 72.9 cm³/mol. The van der Waals surface area contributed by atoms with Crippen molar-refractivity contribution in [2.24, 2.45) is 5.92 Å². The average molecular weight is 282 g/mol. The molecule has 0 unspecified atom stereocenters. The van der Waals surface area contributed by atoms with Gasteiger partial charge in [-0.05, 0) is 38.0 Å². The molecule has 0 aromatic heterocycles. The van der Waals surface area contributed by atoms with Gasteiger partial charge in [-0.3, -0.25) is 0 Å². The molecule has 0 saturated heterocycles. The van der Waals surface area contributed by atoms with Gasteiger partial charge in [-0.15, -0.1) is 11.6 Å². The van der Waals surface area contributed by atoms with E-state index in [0.29, 0.717) is 12.3 Å². The molecule has 1 aliphatic rings. The zero-order valence-corrected chi connectivity index (χ0v) is 12.2. The second kappa shape index (κ2) is 7.59. The van der Waals surface area contributed by atoms with Gasteiger partial charge in [-0.1, -0.05) is 19.8 Å². The summed E-state index contributed by atoms with van der Waals surface area (Å²) in [4.78, 5) is 0. The minimum atomic E-state index is -3.11. The van der Waals surface area contributed by atoms with Crippen LogP contribution in [0.2, 0.25) is 0 Å². The molecule has 1 rings (SSSR count). The molecule has 5 heteroatoms. The molecule has 0 amide bonds. The van der Waals surface area contributed by atoms with E-state index in [-0.39, 0.29) is 11.8 Å². The number of alkyl halides is 1. The fourth-order valence-corrected chi connectivity index (χ4v) is 4.21. The molecule has 102 valence electrons. The second-order valence-electron chi connectivity index (χ2n) is 4.99. The third kappa shape index (κ3) is 6.07. The van der Waals surface area contributed by atoms with Crippen molar-refractivity contribution < 1.29 is 8.42 Å². The molecule has 0 aromatic carbocycles. The van der Waals surface area contributed by atoms with Crippen molar-refractivity contribution in [1.29, 1.82) is 0 Å². The van der Waals surface area contributed by atoms with Gasteiger partial charge in [-0.2, -0.15) is 0 Å². The van der Waals surface area contributed by atoms with Crippen molar-refractivity contribution in [2.75, 3.05) is 11.6 Å². The molecular formula is C12H24ClNO2S. The SMILES string of the molecule is CCCC1CCC(NS(=O)(=O)CCCCl)CC1. The molecule has 0 aromatic rings. The van der Waals surface area contributed by atoms with Gasteiger partial charge in [-0.25, -0.2) is 13.1 Å². The van der Waals surface area contributed by atoms with Crippen LogP contribution in [-0.2, 0) is 10.0 Å². The van der Waals surface area contributed by atoms with E-state index in [2.05, 4.69) is 11.6 Å². The first-order valence-corrected chi connectivity index (χ1v) is 8.82. The summed E-state index contributed by atoms with van der Waals surface area (Å²) in [6.45, 7) is 2.21. The Hall–Kier alpha value is 0.200. The predicted octanol–water partition coefficient (Wildman–Crippen LogP) is 2.89. The summed E-state index contributed by atoms with van der Waals surface area (Å²) in [6, 6.07) is 0.156. The van der Waals surface area contributed by atoms with Crippen LogP contribution in [0.1, 0.15) is 51.9 Å². The number of sulfonamides is 1.